The molecule has 8 nitrogen and oxygen atoms in total. The van der Waals surface area contributed by atoms with Crippen molar-refractivity contribution in [3.63, 3.8) is 0 Å². The van der Waals surface area contributed by atoms with E-state index >= 15 is 0 Å². The highest BCUT2D eigenvalue weighted by molar-refractivity contribution is 6.35. The molecular formula is C23H22ClN4O4+. The van der Waals surface area contributed by atoms with Gasteiger partial charge in [-0.15, -0.1) is 0 Å². The number of hydrogen-bond donors (Lipinski definition) is 3. The van der Waals surface area contributed by atoms with Gasteiger partial charge in [0.1, 0.15) is 17.9 Å². The first kappa shape index (κ1) is 20.7. The Labute approximate surface area is 189 Å². The summed E-state index contributed by atoms with van der Waals surface area (Å²) in [6.45, 7) is 1.95. The summed E-state index contributed by atoms with van der Waals surface area (Å²) in [6, 6.07) is 12.1. The van der Waals surface area contributed by atoms with Crippen LogP contribution < -0.4 is 16.4 Å². The summed E-state index contributed by atoms with van der Waals surface area (Å²) in [6.07, 6.45) is -0.122. The number of aryl methyl sites for hydroxylation is 1. The molecule has 2 aromatic rings. The van der Waals surface area contributed by atoms with Crippen molar-refractivity contribution in [2.75, 3.05) is 5.32 Å². The number of benzene rings is 2. The monoisotopic (exact) mass is 453 g/mol. The number of carbonyl (C=O) groups is 4. The summed E-state index contributed by atoms with van der Waals surface area (Å²) in [5, 5.41) is 4.86. The Bertz CT molecular complexity index is 1180. The van der Waals surface area contributed by atoms with Crippen LogP contribution in [0.2, 0.25) is 5.02 Å². The molecule has 0 bridgehead atoms. The van der Waals surface area contributed by atoms with Crippen LogP contribution in [0.3, 0.4) is 0 Å². The second kappa shape index (κ2) is 7.15. The number of rotatable bonds is 4. The minimum Gasteiger partial charge on any atom is -0.369 e. The summed E-state index contributed by atoms with van der Waals surface area (Å²) in [5.41, 5.74) is 6.72. The smallest absolute Gasteiger partial charge is 0.291 e. The Kier molecular flexibility index (Phi) is 4.61. The average Bonchev–Trinajstić information content (AvgIpc) is 3.30. The van der Waals surface area contributed by atoms with E-state index in [1.54, 1.807) is 11.4 Å². The van der Waals surface area contributed by atoms with Gasteiger partial charge >= 0.3 is 0 Å². The number of amides is 4. The van der Waals surface area contributed by atoms with Gasteiger partial charge in [0.2, 0.25) is 23.3 Å². The zero-order valence-corrected chi connectivity index (χ0v) is 18.1. The third-order valence-electron chi connectivity index (χ3n) is 6.79. The van der Waals surface area contributed by atoms with Crippen LogP contribution in [0.4, 0.5) is 5.69 Å². The van der Waals surface area contributed by atoms with Crippen molar-refractivity contribution in [2.24, 2.45) is 17.6 Å². The molecule has 0 aromatic heterocycles. The number of halogens is 1. The number of nitrogens with one attached hydrogen (secondary N) is 1. The number of hydrogen-bond acceptors (Lipinski definition) is 4. The molecule has 3 aliphatic heterocycles. The first-order valence-electron chi connectivity index (χ1n) is 10.4. The molecule has 164 valence electrons. The fourth-order valence-corrected chi connectivity index (χ4v) is 5.88. The Balaban J connectivity index is 1.64. The second-order valence-electron chi connectivity index (χ2n) is 8.75. The van der Waals surface area contributed by atoms with Crippen molar-refractivity contribution in [1.82, 2.24) is 4.90 Å². The van der Waals surface area contributed by atoms with Gasteiger partial charge in [-0.3, -0.25) is 24.1 Å². The van der Waals surface area contributed by atoms with Crippen LogP contribution in [-0.4, -0.2) is 34.6 Å². The van der Waals surface area contributed by atoms with Crippen LogP contribution in [0.15, 0.2) is 42.5 Å². The third-order valence-corrected chi connectivity index (χ3v) is 7.08. The lowest BCUT2D eigenvalue weighted by atomic mass is 9.76. The van der Waals surface area contributed by atoms with Crippen molar-refractivity contribution in [2.45, 2.75) is 31.5 Å². The van der Waals surface area contributed by atoms with E-state index in [-0.39, 0.29) is 18.9 Å². The van der Waals surface area contributed by atoms with Crippen LogP contribution in [0.1, 0.15) is 23.1 Å². The number of carbonyl (C=O) groups excluding carboxylic acids is 4. The predicted molar refractivity (Wildman–Crippen MR) is 115 cm³/mol. The lowest BCUT2D eigenvalue weighted by molar-refractivity contribution is -0.732. The maximum Gasteiger partial charge on any atom is 0.291 e. The van der Waals surface area contributed by atoms with Gasteiger partial charge in [0, 0.05) is 5.56 Å². The summed E-state index contributed by atoms with van der Waals surface area (Å²) in [4.78, 5) is 53.6. The standard InChI is InChI=1S/C23H21ClN4O4/c1-11-7-13-19(14(24)8-11)26-22(32)23(13)18-17(15(27-23)9-16(25)29)20(30)28(21(18)31)10-12-5-3-2-4-6-12/h2-8,15,17-18,27H,9-10H2,1H3,(H2,25,29)(H,26,32)/p+1/t15-,17+,18-,23-/m0/s1. The molecule has 0 radical (unpaired) electrons. The number of primary amides is 1. The Morgan fingerprint density at radius 2 is 1.91 bits per heavy atom. The van der Waals surface area contributed by atoms with E-state index in [1.165, 1.54) is 4.90 Å². The molecule has 5 N–H and O–H groups in total. The number of quaternary nitrogens is 1. The highest BCUT2D eigenvalue weighted by Crippen LogP contribution is 2.51. The van der Waals surface area contributed by atoms with Gasteiger partial charge in [0.25, 0.3) is 5.91 Å². The molecule has 32 heavy (non-hydrogen) atoms. The van der Waals surface area contributed by atoms with Crippen molar-refractivity contribution in [3.8, 4) is 0 Å². The van der Waals surface area contributed by atoms with Gasteiger partial charge in [-0.05, 0) is 30.2 Å². The van der Waals surface area contributed by atoms with E-state index in [4.69, 9.17) is 17.3 Å². The Morgan fingerprint density at radius 3 is 2.59 bits per heavy atom. The minimum atomic E-state index is -1.38. The molecule has 5 rings (SSSR count). The highest BCUT2D eigenvalue weighted by Gasteiger charge is 2.74. The zero-order valence-electron chi connectivity index (χ0n) is 17.3. The molecule has 2 aromatic carbocycles. The first-order chi connectivity index (χ1) is 15.2. The van der Waals surface area contributed by atoms with Crippen LogP contribution >= 0.6 is 11.6 Å². The van der Waals surface area contributed by atoms with Gasteiger partial charge in [0.05, 0.1) is 23.7 Å². The van der Waals surface area contributed by atoms with Crippen LogP contribution in [0, 0.1) is 18.8 Å². The number of nitrogens with zero attached hydrogens (tertiary/aromatic N) is 1. The van der Waals surface area contributed by atoms with Crippen LogP contribution in [0.25, 0.3) is 0 Å². The number of nitrogens with two attached hydrogens (primary N) is 2. The van der Waals surface area contributed by atoms with E-state index in [0.717, 1.165) is 11.1 Å². The third kappa shape index (κ3) is 2.79. The lowest BCUT2D eigenvalue weighted by Crippen LogP contribution is -2.99. The maximum atomic E-state index is 13.7. The average molecular weight is 454 g/mol. The quantitative estimate of drug-likeness (QED) is 0.580. The molecule has 1 spiro atoms. The zero-order chi connectivity index (χ0) is 22.8. The second-order valence-corrected chi connectivity index (χ2v) is 9.15. The molecule has 2 saturated heterocycles. The van der Waals surface area contributed by atoms with E-state index in [2.05, 4.69) is 5.32 Å². The molecule has 9 heteroatoms. The molecule has 2 fully saturated rings. The molecule has 4 atom stereocenters. The summed E-state index contributed by atoms with van der Waals surface area (Å²) >= 11 is 6.40. The topological polar surface area (TPSA) is 126 Å². The van der Waals surface area contributed by atoms with Gasteiger partial charge in [-0.2, -0.15) is 0 Å². The van der Waals surface area contributed by atoms with Crippen molar-refractivity contribution in [3.05, 3.63) is 64.2 Å². The highest BCUT2D eigenvalue weighted by atomic mass is 35.5. The summed E-state index contributed by atoms with van der Waals surface area (Å²) < 4.78 is 0. The summed E-state index contributed by atoms with van der Waals surface area (Å²) in [5.74, 6) is -3.61. The van der Waals surface area contributed by atoms with Gasteiger partial charge in [-0.25, -0.2) is 0 Å². The van der Waals surface area contributed by atoms with Crippen LogP contribution in [0.5, 0.6) is 0 Å². The van der Waals surface area contributed by atoms with Gasteiger partial charge in [0.15, 0.2) is 0 Å². The van der Waals surface area contributed by atoms with Crippen LogP contribution in [-0.2, 0) is 31.3 Å². The van der Waals surface area contributed by atoms with E-state index in [1.807, 2.05) is 43.3 Å². The van der Waals surface area contributed by atoms with E-state index < -0.39 is 41.1 Å². The Hall–Kier alpha value is -3.23. The Morgan fingerprint density at radius 1 is 1.19 bits per heavy atom. The normalized spacial score (nSPS) is 28.2. The number of fused-ring (bicyclic) bond motifs is 4. The fraction of sp³-hybridized carbons (Fsp3) is 0.304. The first-order valence-corrected chi connectivity index (χ1v) is 10.8. The maximum absolute atomic E-state index is 13.7. The van der Waals surface area contributed by atoms with Gasteiger partial charge < -0.3 is 16.4 Å². The minimum absolute atomic E-state index is 0.105. The molecule has 3 aliphatic rings. The largest absolute Gasteiger partial charge is 0.369 e. The van der Waals surface area contributed by atoms with Crippen molar-refractivity contribution in [1.29, 1.82) is 0 Å². The molecular weight excluding hydrogens is 432 g/mol. The SMILES string of the molecule is Cc1cc(Cl)c2c(c1)[C@@]1([NH2+][C@@H](CC(N)=O)[C@H]3C(=O)N(Cc4ccccc4)C(=O)[C@H]31)C(=O)N2. The number of imide groups is 1. The lowest BCUT2D eigenvalue weighted by Gasteiger charge is -2.26. The van der Waals surface area contributed by atoms with Crippen molar-refractivity contribution < 1.29 is 24.5 Å². The molecule has 3 heterocycles. The molecule has 0 saturated carbocycles. The molecule has 4 amide bonds. The number of likely N-dealkylation sites (tertiary alicyclic amines) is 1. The summed E-state index contributed by atoms with van der Waals surface area (Å²) in [7, 11) is 0. The van der Waals surface area contributed by atoms with Gasteiger partial charge in [-0.1, -0.05) is 41.9 Å². The predicted octanol–water partition coefficient (Wildman–Crippen LogP) is 0.418. The fourth-order valence-electron chi connectivity index (χ4n) is 5.55. The molecule has 0 unspecified atom stereocenters. The van der Waals surface area contributed by atoms with E-state index in [0.29, 0.717) is 16.3 Å². The molecule has 0 aliphatic carbocycles. The van der Waals surface area contributed by atoms with Crippen molar-refractivity contribution >= 4 is 40.9 Å². The number of anilines is 1. The van der Waals surface area contributed by atoms with E-state index in [9.17, 15) is 19.2 Å².